The first kappa shape index (κ1) is 22.4. The Kier molecular flexibility index (Phi) is 6.26. The van der Waals surface area contributed by atoms with Crippen LogP contribution in [0, 0.1) is 6.92 Å². The molecule has 0 saturated carbocycles. The Balaban J connectivity index is 1.83. The highest BCUT2D eigenvalue weighted by atomic mass is 35.5. The topological polar surface area (TPSA) is 59.1 Å². The van der Waals surface area contributed by atoms with Gasteiger partial charge in [-0.05, 0) is 63.1 Å². The summed E-state index contributed by atoms with van der Waals surface area (Å²) in [5, 5.41) is 0.468. The van der Waals surface area contributed by atoms with Gasteiger partial charge in [-0.15, -0.1) is 0 Å². The van der Waals surface area contributed by atoms with Crippen LogP contribution in [-0.4, -0.2) is 48.6 Å². The molecule has 0 spiro atoms. The van der Waals surface area contributed by atoms with E-state index >= 15 is 0 Å². The maximum atomic E-state index is 13.7. The summed E-state index contributed by atoms with van der Waals surface area (Å²) in [7, 11) is 0. The number of carbonyl (C=O) groups excluding carboxylic acids is 2. The monoisotopic (exact) mass is 454 g/mol. The fraction of sp³-hybridized carbons (Fsp3) is 0.360. The molecule has 7 heteroatoms. The summed E-state index contributed by atoms with van der Waals surface area (Å²) in [5.74, 6) is 0.0169. The van der Waals surface area contributed by atoms with Gasteiger partial charge in [-0.2, -0.15) is 0 Å². The van der Waals surface area contributed by atoms with Crippen LogP contribution in [0.4, 0.5) is 5.69 Å². The van der Waals surface area contributed by atoms with Crippen molar-refractivity contribution in [3.05, 3.63) is 64.3 Å². The minimum Gasteiger partial charge on any atom is -0.494 e. The number of aryl methyl sites for hydroxylation is 1. The lowest BCUT2D eigenvalue weighted by Crippen LogP contribution is -2.47. The predicted molar refractivity (Wildman–Crippen MR) is 125 cm³/mol. The molecule has 0 radical (unpaired) electrons. The molecule has 1 fully saturated rings. The first-order valence-corrected chi connectivity index (χ1v) is 11.2. The number of morpholine rings is 1. The van der Waals surface area contributed by atoms with E-state index in [1.807, 2.05) is 62.9 Å². The lowest BCUT2D eigenvalue weighted by Gasteiger charge is -2.37. The fourth-order valence-corrected chi connectivity index (χ4v) is 4.53. The summed E-state index contributed by atoms with van der Waals surface area (Å²) in [6, 6.07) is 12.5. The van der Waals surface area contributed by atoms with Crippen LogP contribution in [0.25, 0.3) is 5.57 Å². The van der Waals surface area contributed by atoms with Gasteiger partial charge in [-0.25, -0.2) is 4.90 Å². The molecule has 0 aliphatic carbocycles. The maximum Gasteiger partial charge on any atom is 0.282 e. The molecule has 2 aromatic rings. The second-order valence-corrected chi connectivity index (χ2v) is 8.66. The van der Waals surface area contributed by atoms with E-state index in [2.05, 4.69) is 0 Å². The quantitative estimate of drug-likeness (QED) is 0.625. The van der Waals surface area contributed by atoms with Crippen molar-refractivity contribution >= 4 is 34.7 Å². The van der Waals surface area contributed by atoms with Crippen LogP contribution < -0.4 is 9.64 Å². The van der Waals surface area contributed by atoms with Crippen molar-refractivity contribution in [2.24, 2.45) is 0 Å². The van der Waals surface area contributed by atoms with Gasteiger partial charge in [0.25, 0.3) is 11.8 Å². The molecule has 2 aromatic carbocycles. The van der Waals surface area contributed by atoms with Gasteiger partial charge in [0.05, 0.1) is 30.1 Å². The van der Waals surface area contributed by atoms with E-state index in [-0.39, 0.29) is 24.0 Å². The van der Waals surface area contributed by atoms with Gasteiger partial charge in [-0.3, -0.25) is 9.59 Å². The van der Waals surface area contributed by atoms with Crippen LogP contribution in [0.15, 0.2) is 48.2 Å². The molecule has 168 valence electrons. The molecule has 32 heavy (non-hydrogen) atoms. The lowest BCUT2D eigenvalue weighted by molar-refractivity contribution is -0.121. The first-order valence-electron chi connectivity index (χ1n) is 10.8. The molecule has 0 bridgehead atoms. The average molecular weight is 455 g/mol. The van der Waals surface area contributed by atoms with Crippen LogP contribution in [0.1, 0.15) is 31.9 Å². The van der Waals surface area contributed by atoms with Gasteiger partial charge in [-0.1, -0.05) is 29.8 Å². The van der Waals surface area contributed by atoms with Crippen molar-refractivity contribution in [1.82, 2.24) is 4.90 Å². The number of amides is 2. The van der Waals surface area contributed by atoms with Crippen molar-refractivity contribution in [1.29, 1.82) is 0 Å². The van der Waals surface area contributed by atoms with Crippen LogP contribution >= 0.6 is 11.6 Å². The molecule has 4 rings (SSSR count). The number of imide groups is 1. The lowest BCUT2D eigenvalue weighted by atomic mass is 10.0. The van der Waals surface area contributed by atoms with Crippen LogP contribution in [-0.2, 0) is 14.3 Å². The van der Waals surface area contributed by atoms with Crippen molar-refractivity contribution in [2.45, 2.75) is 39.9 Å². The summed E-state index contributed by atoms with van der Waals surface area (Å²) < 4.78 is 11.4. The maximum absolute atomic E-state index is 13.7. The Hall–Kier alpha value is -2.83. The second-order valence-electron chi connectivity index (χ2n) is 8.22. The Bertz CT molecular complexity index is 1070. The second kappa shape index (κ2) is 8.96. The molecule has 2 unspecified atom stereocenters. The molecule has 2 aliphatic rings. The fourth-order valence-electron chi connectivity index (χ4n) is 4.36. The van der Waals surface area contributed by atoms with Gasteiger partial charge in [0.1, 0.15) is 11.4 Å². The van der Waals surface area contributed by atoms with Crippen molar-refractivity contribution in [3.63, 3.8) is 0 Å². The molecular weight excluding hydrogens is 428 g/mol. The molecule has 6 nitrogen and oxygen atoms in total. The van der Waals surface area contributed by atoms with Gasteiger partial charge < -0.3 is 14.4 Å². The van der Waals surface area contributed by atoms with E-state index in [9.17, 15) is 9.59 Å². The molecular formula is C25H27ClN2O4. The van der Waals surface area contributed by atoms with E-state index in [0.717, 1.165) is 5.56 Å². The van der Waals surface area contributed by atoms with Gasteiger partial charge >= 0.3 is 0 Å². The number of hydrogen-bond acceptors (Lipinski definition) is 5. The minimum absolute atomic E-state index is 0.0577. The van der Waals surface area contributed by atoms with Gasteiger partial charge in [0.15, 0.2) is 0 Å². The van der Waals surface area contributed by atoms with Crippen LogP contribution in [0.3, 0.4) is 0 Å². The van der Waals surface area contributed by atoms with Crippen molar-refractivity contribution in [2.75, 3.05) is 24.6 Å². The predicted octanol–water partition coefficient (Wildman–Crippen LogP) is 4.44. The normalized spacial score (nSPS) is 21.5. The number of carbonyl (C=O) groups is 2. The number of ether oxygens (including phenoxy) is 2. The van der Waals surface area contributed by atoms with E-state index < -0.39 is 0 Å². The Morgan fingerprint density at radius 2 is 1.69 bits per heavy atom. The number of hydrogen-bond donors (Lipinski definition) is 0. The summed E-state index contributed by atoms with van der Waals surface area (Å²) >= 11 is 6.21. The Labute approximate surface area is 193 Å². The van der Waals surface area contributed by atoms with Crippen LogP contribution in [0.5, 0.6) is 5.75 Å². The highest BCUT2D eigenvalue weighted by Gasteiger charge is 2.44. The minimum atomic E-state index is -0.355. The van der Waals surface area contributed by atoms with E-state index in [1.165, 1.54) is 4.90 Å². The summed E-state index contributed by atoms with van der Waals surface area (Å²) in [6.07, 6.45) is -0.115. The Morgan fingerprint density at radius 1 is 1.03 bits per heavy atom. The molecule has 2 aliphatic heterocycles. The zero-order valence-corrected chi connectivity index (χ0v) is 19.5. The summed E-state index contributed by atoms with van der Waals surface area (Å²) in [6.45, 7) is 9.33. The molecule has 0 aromatic heterocycles. The third-order valence-corrected chi connectivity index (χ3v) is 5.90. The smallest absolute Gasteiger partial charge is 0.282 e. The van der Waals surface area contributed by atoms with Crippen molar-refractivity contribution in [3.8, 4) is 5.75 Å². The zero-order valence-electron chi connectivity index (χ0n) is 18.7. The molecule has 2 atom stereocenters. The SMILES string of the molecule is CCOc1ccc(C2=C(N3CC(C)OC(C)C3)C(=O)N(c3cc(Cl)ccc3C)C2=O)cc1. The highest BCUT2D eigenvalue weighted by molar-refractivity contribution is 6.45. The summed E-state index contributed by atoms with van der Waals surface area (Å²) in [4.78, 5) is 30.7. The third kappa shape index (κ3) is 4.12. The number of halogens is 1. The largest absolute Gasteiger partial charge is 0.494 e. The standard InChI is InChI=1S/C25H27ClN2O4/c1-5-31-20-10-7-18(8-11-20)22-23(27-13-16(3)32-17(4)14-27)25(30)28(24(22)29)21-12-19(26)9-6-15(21)2/h6-12,16-17H,5,13-14H2,1-4H3. The molecule has 0 N–H and O–H groups in total. The van der Waals surface area contributed by atoms with E-state index in [0.29, 0.717) is 53.0 Å². The Morgan fingerprint density at radius 3 is 2.31 bits per heavy atom. The average Bonchev–Trinajstić information content (AvgIpc) is 3.00. The third-order valence-electron chi connectivity index (χ3n) is 5.66. The van der Waals surface area contributed by atoms with Gasteiger partial charge in [0, 0.05) is 18.1 Å². The van der Waals surface area contributed by atoms with E-state index in [1.54, 1.807) is 12.1 Å². The molecule has 2 amide bonds. The molecule has 1 saturated heterocycles. The number of anilines is 1. The number of rotatable bonds is 5. The highest BCUT2D eigenvalue weighted by Crippen LogP contribution is 2.38. The van der Waals surface area contributed by atoms with E-state index in [4.69, 9.17) is 21.1 Å². The van der Waals surface area contributed by atoms with Crippen LogP contribution in [0.2, 0.25) is 5.02 Å². The molecule has 2 heterocycles. The number of nitrogens with zero attached hydrogens (tertiary/aromatic N) is 2. The van der Waals surface area contributed by atoms with Crippen molar-refractivity contribution < 1.29 is 19.1 Å². The van der Waals surface area contributed by atoms with Gasteiger partial charge in [0.2, 0.25) is 0 Å². The zero-order chi connectivity index (χ0) is 23.0. The number of benzene rings is 2. The first-order chi connectivity index (χ1) is 15.3. The summed E-state index contributed by atoms with van der Waals surface area (Å²) in [5.41, 5.74) is 2.77.